The van der Waals surface area contributed by atoms with E-state index in [1.165, 1.54) is 5.56 Å². The van der Waals surface area contributed by atoms with Gasteiger partial charge in [0.2, 0.25) is 5.91 Å². The number of hydrazine groups is 1. The average Bonchev–Trinajstić information content (AvgIpc) is 2.99. The van der Waals surface area contributed by atoms with Gasteiger partial charge in [0.05, 0.1) is 6.61 Å². The van der Waals surface area contributed by atoms with Crippen molar-refractivity contribution in [3.05, 3.63) is 29.8 Å². The van der Waals surface area contributed by atoms with Gasteiger partial charge in [-0.05, 0) is 24.5 Å². The Morgan fingerprint density at radius 1 is 1.42 bits per heavy atom. The maximum atomic E-state index is 11.9. The molecule has 1 aromatic carbocycles. The number of carbonyl (C=O) groups is 1. The van der Waals surface area contributed by atoms with Crippen LogP contribution in [0, 0.1) is 5.92 Å². The fourth-order valence-electron chi connectivity index (χ4n) is 2.57. The minimum Gasteiger partial charge on any atom is -0.493 e. The third-order valence-electron chi connectivity index (χ3n) is 3.67. The largest absolute Gasteiger partial charge is 0.493 e. The summed E-state index contributed by atoms with van der Waals surface area (Å²) in [5.74, 6) is 1.41. The number of rotatable bonds is 3. The first-order valence-corrected chi connectivity index (χ1v) is 6.80. The molecule has 3 N–H and O–H groups in total. The third-order valence-corrected chi connectivity index (χ3v) is 3.67. The normalized spacial score (nSPS) is 25.5. The monoisotopic (exact) mass is 261 g/mol. The lowest BCUT2D eigenvalue weighted by Gasteiger charge is -2.25. The maximum Gasteiger partial charge on any atom is 0.238 e. The Hall–Kier alpha value is -1.59. The second-order valence-electron chi connectivity index (χ2n) is 5.15. The molecule has 5 nitrogen and oxygen atoms in total. The van der Waals surface area contributed by atoms with Crippen molar-refractivity contribution in [1.82, 2.24) is 16.2 Å². The van der Waals surface area contributed by atoms with Crippen LogP contribution in [0.15, 0.2) is 24.3 Å². The van der Waals surface area contributed by atoms with Gasteiger partial charge >= 0.3 is 0 Å². The molecule has 1 aromatic rings. The van der Waals surface area contributed by atoms with Gasteiger partial charge in [-0.2, -0.15) is 0 Å². The number of carbonyl (C=O) groups excluding carboxylic acids is 1. The van der Waals surface area contributed by atoms with Gasteiger partial charge in [-0.3, -0.25) is 10.2 Å². The summed E-state index contributed by atoms with van der Waals surface area (Å²) in [6.07, 6.45) is 1.81. The van der Waals surface area contributed by atoms with E-state index in [0.29, 0.717) is 19.1 Å². The molecule has 1 fully saturated rings. The van der Waals surface area contributed by atoms with E-state index >= 15 is 0 Å². The summed E-state index contributed by atoms with van der Waals surface area (Å²) in [6.45, 7) is 2.19. The van der Waals surface area contributed by atoms with E-state index in [1.807, 2.05) is 18.2 Å². The highest BCUT2D eigenvalue weighted by atomic mass is 16.5. The molecule has 0 aromatic heterocycles. The van der Waals surface area contributed by atoms with Gasteiger partial charge in [0.25, 0.3) is 0 Å². The lowest BCUT2D eigenvalue weighted by atomic mass is 9.96. The highest BCUT2D eigenvalue weighted by Gasteiger charge is 2.24. The van der Waals surface area contributed by atoms with E-state index in [1.54, 1.807) is 0 Å². The molecular formula is C14H19N3O2. The van der Waals surface area contributed by atoms with Crippen molar-refractivity contribution in [3.8, 4) is 5.75 Å². The molecular weight excluding hydrogens is 242 g/mol. The van der Waals surface area contributed by atoms with E-state index in [9.17, 15) is 4.79 Å². The number of hydrogen-bond donors (Lipinski definition) is 3. The lowest BCUT2D eigenvalue weighted by molar-refractivity contribution is -0.123. The van der Waals surface area contributed by atoms with Crippen molar-refractivity contribution in [2.75, 3.05) is 19.7 Å². The molecule has 102 valence electrons. The van der Waals surface area contributed by atoms with Crippen molar-refractivity contribution < 1.29 is 9.53 Å². The summed E-state index contributed by atoms with van der Waals surface area (Å²) >= 11 is 0. The fraction of sp³-hybridized carbons (Fsp3) is 0.500. The zero-order valence-corrected chi connectivity index (χ0v) is 10.8. The van der Waals surface area contributed by atoms with Gasteiger partial charge in [0.1, 0.15) is 11.8 Å². The Morgan fingerprint density at radius 2 is 2.32 bits per heavy atom. The molecule has 0 spiro atoms. The zero-order chi connectivity index (χ0) is 13.1. The summed E-state index contributed by atoms with van der Waals surface area (Å²) in [6, 6.07) is 8.00. The van der Waals surface area contributed by atoms with Gasteiger partial charge in [-0.25, -0.2) is 5.43 Å². The van der Waals surface area contributed by atoms with Crippen LogP contribution in [-0.4, -0.2) is 31.6 Å². The molecule has 19 heavy (non-hydrogen) atoms. The fourth-order valence-corrected chi connectivity index (χ4v) is 2.57. The molecule has 1 amide bonds. The number of ether oxygens (including phenoxy) is 1. The molecule has 2 unspecified atom stereocenters. The molecule has 2 aliphatic heterocycles. The highest BCUT2D eigenvalue weighted by molar-refractivity contribution is 5.81. The average molecular weight is 261 g/mol. The third kappa shape index (κ3) is 2.88. The summed E-state index contributed by atoms with van der Waals surface area (Å²) in [5, 5.41) is 3.00. The number of para-hydroxylation sites is 1. The van der Waals surface area contributed by atoms with Crippen molar-refractivity contribution >= 4 is 5.91 Å². The van der Waals surface area contributed by atoms with Crippen LogP contribution in [0.3, 0.4) is 0 Å². The van der Waals surface area contributed by atoms with E-state index in [-0.39, 0.29) is 11.9 Å². The molecule has 0 saturated carbocycles. The molecule has 5 heteroatoms. The summed E-state index contributed by atoms with van der Waals surface area (Å²) in [7, 11) is 0. The minimum atomic E-state index is -0.100. The topological polar surface area (TPSA) is 62.4 Å². The molecule has 2 aliphatic rings. The highest BCUT2D eigenvalue weighted by Crippen LogP contribution is 2.26. The van der Waals surface area contributed by atoms with Gasteiger partial charge in [0.15, 0.2) is 0 Å². The summed E-state index contributed by atoms with van der Waals surface area (Å²) in [5.41, 5.74) is 7.17. The van der Waals surface area contributed by atoms with E-state index in [2.05, 4.69) is 22.2 Å². The smallest absolute Gasteiger partial charge is 0.238 e. The first kappa shape index (κ1) is 12.4. The number of amides is 1. The first-order valence-electron chi connectivity index (χ1n) is 6.80. The van der Waals surface area contributed by atoms with Crippen LogP contribution >= 0.6 is 0 Å². The second-order valence-corrected chi connectivity index (χ2v) is 5.15. The van der Waals surface area contributed by atoms with E-state index in [4.69, 9.17) is 4.74 Å². The standard InChI is InChI=1S/C14H19N3O2/c18-14(12-5-6-16-17-12)15-8-10-7-11-3-1-2-4-13(11)19-9-10/h1-4,10,12,16-17H,5-9H2,(H,15,18). The number of fused-ring (bicyclic) bond motifs is 1. The van der Waals surface area contributed by atoms with Crippen LogP contribution in [0.1, 0.15) is 12.0 Å². The van der Waals surface area contributed by atoms with Crippen LogP contribution in [-0.2, 0) is 11.2 Å². The molecule has 0 radical (unpaired) electrons. The Kier molecular flexibility index (Phi) is 3.66. The Bertz CT molecular complexity index is 458. The summed E-state index contributed by atoms with van der Waals surface area (Å²) in [4.78, 5) is 11.9. The SMILES string of the molecule is O=C(NCC1COc2ccccc2C1)C1CCNN1. The van der Waals surface area contributed by atoms with E-state index in [0.717, 1.165) is 25.1 Å². The van der Waals surface area contributed by atoms with Crippen molar-refractivity contribution in [2.45, 2.75) is 18.9 Å². The lowest BCUT2D eigenvalue weighted by Crippen LogP contribution is -2.45. The van der Waals surface area contributed by atoms with Crippen LogP contribution < -0.4 is 20.9 Å². The molecule has 2 heterocycles. The van der Waals surface area contributed by atoms with Gasteiger partial charge < -0.3 is 10.1 Å². The van der Waals surface area contributed by atoms with Gasteiger partial charge in [0, 0.05) is 19.0 Å². The van der Waals surface area contributed by atoms with Crippen molar-refractivity contribution in [1.29, 1.82) is 0 Å². The zero-order valence-electron chi connectivity index (χ0n) is 10.8. The molecule has 1 saturated heterocycles. The number of benzene rings is 1. The quantitative estimate of drug-likeness (QED) is 0.728. The maximum absolute atomic E-state index is 11.9. The van der Waals surface area contributed by atoms with Crippen LogP contribution in [0.2, 0.25) is 0 Å². The van der Waals surface area contributed by atoms with Crippen LogP contribution in [0.5, 0.6) is 5.75 Å². The van der Waals surface area contributed by atoms with Crippen molar-refractivity contribution in [2.24, 2.45) is 5.92 Å². The number of hydrogen-bond acceptors (Lipinski definition) is 4. The Morgan fingerprint density at radius 3 is 3.16 bits per heavy atom. The Balaban J connectivity index is 1.50. The minimum absolute atomic E-state index is 0.0730. The van der Waals surface area contributed by atoms with Crippen LogP contribution in [0.4, 0.5) is 0 Å². The second kappa shape index (κ2) is 5.59. The molecule has 0 bridgehead atoms. The molecule has 3 rings (SSSR count). The van der Waals surface area contributed by atoms with Crippen molar-refractivity contribution in [3.63, 3.8) is 0 Å². The Labute approximate surface area is 112 Å². The van der Waals surface area contributed by atoms with E-state index < -0.39 is 0 Å². The predicted octanol–water partition coefficient (Wildman–Crippen LogP) is 0.220. The van der Waals surface area contributed by atoms with Gasteiger partial charge in [-0.1, -0.05) is 18.2 Å². The summed E-state index contributed by atoms with van der Waals surface area (Å²) < 4.78 is 5.71. The van der Waals surface area contributed by atoms with Crippen LogP contribution in [0.25, 0.3) is 0 Å². The molecule has 0 aliphatic carbocycles. The predicted molar refractivity (Wildman–Crippen MR) is 71.7 cm³/mol. The molecule has 2 atom stereocenters. The first-order chi connectivity index (χ1) is 9.33. The van der Waals surface area contributed by atoms with Gasteiger partial charge in [-0.15, -0.1) is 0 Å². The number of nitrogens with one attached hydrogen (secondary N) is 3.